The molecule has 1 unspecified atom stereocenters. The molecule has 30 heavy (non-hydrogen) atoms. The van der Waals surface area contributed by atoms with Crippen LogP contribution in [0.1, 0.15) is 30.4 Å². The van der Waals surface area contributed by atoms with Crippen molar-refractivity contribution >= 4 is 23.2 Å². The van der Waals surface area contributed by atoms with Crippen LogP contribution in [0.15, 0.2) is 52.9 Å². The molecular weight excluding hydrogens is 378 g/mol. The minimum Gasteiger partial charge on any atom is -0.441 e. The van der Waals surface area contributed by atoms with E-state index in [0.29, 0.717) is 18.1 Å². The number of aryl methyl sites for hydroxylation is 3. The zero-order chi connectivity index (χ0) is 21.3. The van der Waals surface area contributed by atoms with Crippen LogP contribution in [-0.4, -0.2) is 23.3 Å². The summed E-state index contributed by atoms with van der Waals surface area (Å²) in [4.78, 5) is 31.4. The van der Waals surface area contributed by atoms with E-state index in [2.05, 4.69) is 17.2 Å². The van der Waals surface area contributed by atoms with Gasteiger partial charge in [-0.1, -0.05) is 25.1 Å². The second kappa shape index (κ2) is 8.14. The standard InChI is InChI=1S/C24H25N3O3/c1-4-17-8-10-21(11-9-17)27-14-19(13-22(27)28)23(29)26-20-7-5-6-18(12-20)24-25-15(2)16(3)30-24/h5-12,19H,4,13-14H2,1-3H3,(H,26,29). The summed E-state index contributed by atoms with van der Waals surface area (Å²) >= 11 is 0. The molecule has 0 radical (unpaired) electrons. The number of rotatable bonds is 5. The van der Waals surface area contributed by atoms with Gasteiger partial charge in [0.2, 0.25) is 17.7 Å². The van der Waals surface area contributed by atoms with Crippen molar-refractivity contribution in [3.8, 4) is 11.5 Å². The second-order valence-electron chi connectivity index (χ2n) is 7.66. The van der Waals surface area contributed by atoms with Crippen LogP contribution < -0.4 is 10.2 Å². The molecule has 4 rings (SSSR count). The fourth-order valence-electron chi connectivity index (χ4n) is 3.61. The Balaban J connectivity index is 1.45. The number of hydrogen-bond acceptors (Lipinski definition) is 4. The lowest BCUT2D eigenvalue weighted by molar-refractivity contribution is -0.122. The summed E-state index contributed by atoms with van der Waals surface area (Å²) in [6, 6.07) is 15.3. The average molecular weight is 403 g/mol. The van der Waals surface area contributed by atoms with Crippen molar-refractivity contribution in [3.05, 3.63) is 65.5 Å². The van der Waals surface area contributed by atoms with Crippen LogP contribution in [-0.2, 0) is 16.0 Å². The summed E-state index contributed by atoms with van der Waals surface area (Å²) in [5.41, 5.74) is 4.35. The molecule has 2 heterocycles. The molecule has 2 aromatic carbocycles. The van der Waals surface area contributed by atoms with Crippen molar-refractivity contribution in [3.63, 3.8) is 0 Å². The van der Waals surface area contributed by atoms with Crippen molar-refractivity contribution in [1.82, 2.24) is 4.98 Å². The zero-order valence-electron chi connectivity index (χ0n) is 17.4. The Bertz CT molecular complexity index is 1070. The van der Waals surface area contributed by atoms with E-state index in [4.69, 9.17) is 4.42 Å². The highest BCUT2D eigenvalue weighted by Gasteiger charge is 2.35. The van der Waals surface area contributed by atoms with Gasteiger partial charge < -0.3 is 14.6 Å². The number of carbonyl (C=O) groups is 2. The maximum Gasteiger partial charge on any atom is 0.229 e. The number of nitrogens with one attached hydrogen (secondary N) is 1. The van der Waals surface area contributed by atoms with Crippen LogP contribution in [0.25, 0.3) is 11.5 Å². The molecule has 2 amide bonds. The Kier molecular flexibility index (Phi) is 5.40. The lowest BCUT2D eigenvalue weighted by Gasteiger charge is -2.17. The van der Waals surface area contributed by atoms with Gasteiger partial charge in [0.25, 0.3) is 0 Å². The van der Waals surface area contributed by atoms with Crippen LogP contribution in [0.3, 0.4) is 0 Å². The van der Waals surface area contributed by atoms with Gasteiger partial charge in [0.1, 0.15) is 5.76 Å². The fraction of sp³-hybridized carbons (Fsp3) is 0.292. The Hall–Kier alpha value is -3.41. The minimum atomic E-state index is -0.391. The van der Waals surface area contributed by atoms with Crippen LogP contribution in [0, 0.1) is 19.8 Å². The fourth-order valence-corrected chi connectivity index (χ4v) is 3.61. The monoisotopic (exact) mass is 403 g/mol. The molecule has 6 nitrogen and oxygen atoms in total. The van der Waals surface area contributed by atoms with Gasteiger partial charge in [0.15, 0.2) is 0 Å². The Morgan fingerprint density at radius 2 is 1.97 bits per heavy atom. The van der Waals surface area contributed by atoms with Crippen molar-refractivity contribution in [2.75, 3.05) is 16.8 Å². The first kappa shape index (κ1) is 19.9. The third-order valence-corrected chi connectivity index (χ3v) is 5.56. The van der Waals surface area contributed by atoms with E-state index in [1.54, 1.807) is 4.90 Å². The molecule has 0 aliphatic carbocycles. The van der Waals surface area contributed by atoms with E-state index < -0.39 is 5.92 Å². The van der Waals surface area contributed by atoms with Gasteiger partial charge in [0, 0.05) is 29.9 Å². The first-order valence-electron chi connectivity index (χ1n) is 10.2. The second-order valence-corrected chi connectivity index (χ2v) is 7.66. The van der Waals surface area contributed by atoms with Crippen molar-refractivity contribution in [1.29, 1.82) is 0 Å². The number of nitrogens with zero attached hydrogens (tertiary/aromatic N) is 2. The summed E-state index contributed by atoms with van der Waals surface area (Å²) in [5, 5.41) is 2.94. The summed E-state index contributed by atoms with van der Waals surface area (Å²) in [7, 11) is 0. The highest BCUT2D eigenvalue weighted by atomic mass is 16.4. The molecule has 1 N–H and O–H groups in total. The van der Waals surface area contributed by atoms with E-state index in [-0.39, 0.29) is 18.2 Å². The smallest absolute Gasteiger partial charge is 0.229 e. The van der Waals surface area contributed by atoms with Gasteiger partial charge >= 0.3 is 0 Å². The summed E-state index contributed by atoms with van der Waals surface area (Å²) < 4.78 is 5.68. The molecular formula is C24H25N3O3. The Morgan fingerprint density at radius 1 is 1.20 bits per heavy atom. The quantitative estimate of drug-likeness (QED) is 0.680. The maximum atomic E-state index is 12.8. The van der Waals surface area contributed by atoms with E-state index in [1.165, 1.54) is 5.56 Å². The molecule has 0 spiro atoms. The molecule has 0 bridgehead atoms. The Labute approximate surface area is 175 Å². The summed E-state index contributed by atoms with van der Waals surface area (Å²) in [5.74, 6) is 0.722. The van der Waals surface area contributed by atoms with Crippen molar-refractivity contribution in [2.45, 2.75) is 33.6 Å². The number of aromatic nitrogens is 1. The molecule has 3 aromatic rings. The summed E-state index contributed by atoms with van der Waals surface area (Å²) in [6.07, 6.45) is 1.16. The predicted octanol–water partition coefficient (Wildman–Crippen LogP) is 4.51. The predicted molar refractivity (Wildman–Crippen MR) is 116 cm³/mol. The topological polar surface area (TPSA) is 75.4 Å². The number of hydrogen-bond donors (Lipinski definition) is 1. The lowest BCUT2D eigenvalue weighted by Crippen LogP contribution is -2.28. The van der Waals surface area contributed by atoms with Crippen LogP contribution >= 0.6 is 0 Å². The van der Waals surface area contributed by atoms with Crippen LogP contribution in [0.4, 0.5) is 11.4 Å². The molecule has 6 heteroatoms. The first-order valence-corrected chi connectivity index (χ1v) is 10.2. The third-order valence-electron chi connectivity index (χ3n) is 5.56. The van der Waals surface area contributed by atoms with E-state index in [1.807, 2.05) is 62.4 Å². The molecule has 1 saturated heterocycles. The number of anilines is 2. The average Bonchev–Trinajstić information content (AvgIpc) is 3.30. The van der Waals surface area contributed by atoms with Gasteiger partial charge in [0.05, 0.1) is 11.6 Å². The number of oxazole rings is 1. The van der Waals surface area contributed by atoms with Gasteiger partial charge in [-0.3, -0.25) is 9.59 Å². The maximum absolute atomic E-state index is 12.8. The lowest BCUT2D eigenvalue weighted by atomic mass is 10.1. The number of carbonyl (C=O) groups excluding carboxylic acids is 2. The van der Waals surface area contributed by atoms with Gasteiger partial charge in [-0.25, -0.2) is 4.98 Å². The normalized spacial score (nSPS) is 16.2. The van der Waals surface area contributed by atoms with E-state index >= 15 is 0 Å². The molecule has 1 fully saturated rings. The summed E-state index contributed by atoms with van der Waals surface area (Å²) in [6.45, 7) is 6.24. The highest BCUT2D eigenvalue weighted by molar-refractivity contribution is 6.03. The highest BCUT2D eigenvalue weighted by Crippen LogP contribution is 2.28. The number of amides is 2. The largest absolute Gasteiger partial charge is 0.441 e. The van der Waals surface area contributed by atoms with Crippen molar-refractivity contribution in [2.24, 2.45) is 5.92 Å². The zero-order valence-corrected chi connectivity index (χ0v) is 17.4. The molecule has 1 aromatic heterocycles. The van der Waals surface area contributed by atoms with Gasteiger partial charge in [-0.05, 0) is 56.2 Å². The van der Waals surface area contributed by atoms with Crippen molar-refractivity contribution < 1.29 is 14.0 Å². The SMILES string of the molecule is CCc1ccc(N2CC(C(=O)Nc3cccc(-c4nc(C)c(C)o4)c3)CC2=O)cc1. The van der Waals surface area contributed by atoms with Crippen LogP contribution in [0.2, 0.25) is 0 Å². The number of benzene rings is 2. The molecule has 0 saturated carbocycles. The van der Waals surface area contributed by atoms with Gasteiger partial charge in [-0.15, -0.1) is 0 Å². The van der Waals surface area contributed by atoms with Crippen LogP contribution in [0.5, 0.6) is 0 Å². The minimum absolute atomic E-state index is 0.0288. The molecule has 154 valence electrons. The van der Waals surface area contributed by atoms with Gasteiger partial charge in [-0.2, -0.15) is 0 Å². The molecule has 1 aliphatic rings. The first-order chi connectivity index (χ1) is 14.4. The molecule has 1 atom stereocenters. The Morgan fingerprint density at radius 3 is 2.63 bits per heavy atom. The van der Waals surface area contributed by atoms with E-state index in [9.17, 15) is 9.59 Å². The van der Waals surface area contributed by atoms with E-state index in [0.717, 1.165) is 29.1 Å². The molecule has 1 aliphatic heterocycles. The third kappa shape index (κ3) is 3.99.